The summed E-state index contributed by atoms with van der Waals surface area (Å²) in [5.41, 5.74) is 1.09. The molecule has 1 aromatic carbocycles. The number of benzene rings is 1. The molecule has 0 spiro atoms. The van der Waals surface area contributed by atoms with E-state index in [9.17, 15) is 14.9 Å². The number of hydrogen-bond donors (Lipinski definition) is 0. The van der Waals surface area contributed by atoms with Gasteiger partial charge in [0.05, 0.1) is 4.92 Å². The predicted octanol–water partition coefficient (Wildman–Crippen LogP) is 3.25. The van der Waals surface area contributed by atoms with Crippen molar-refractivity contribution in [3.05, 3.63) is 29.8 Å². The van der Waals surface area contributed by atoms with Gasteiger partial charge in [-0.3, -0.25) is 14.9 Å². The van der Waals surface area contributed by atoms with E-state index in [4.69, 9.17) is 0 Å². The molecule has 5 nitrogen and oxygen atoms in total. The molecule has 0 saturated heterocycles. The summed E-state index contributed by atoms with van der Waals surface area (Å²) in [6.07, 6.45) is 0. The quantitative estimate of drug-likeness (QED) is 0.425. The van der Waals surface area contributed by atoms with Gasteiger partial charge in [0.15, 0.2) is 0 Å². The lowest BCUT2D eigenvalue weighted by molar-refractivity contribution is -0.385. The molecule has 92 valence electrons. The molecule has 0 aliphatic heterocycles. The molecular formula is C10H10BrIN2O3. The van der Waals surface area contributed by atoms with E-state index >= 15 is 0 Å². The highest BCUT2D eigenvalue weighted by atomic mass is 127. The fourth-order valence-electron chi connectivity index (χ4n) is 1.33. The predicted molar refractivity (Wildman–Crippen MR) is 77.3 cm³/mol. The van der Waals surface area contributed by atoms with Gasteiger partial charge in [-0.25, -0.2) is 0 Å². The van der Waals surface area contributed by atoms with Crippen LogP contribution in [0.4, 0.5) is 11.4 Å². The number of halogens is 2. The highest BCUT2D eigenvalue weighted by Gasteiger charge is 2.26. The zero-order valence-corrected chi connectivity index (χ0v) is 13.2. The first-order chi connectivity index (χ1) is 7.77. The molecule has 1 amide bonds. The fraction of sp³-hybridized carbons (Fsp3) is 0.300. The molecule has 0 aliphatic carbocycles. The maximum atomic E-state index is 11.3. The SMILES string of the molecule is CC(=O)N(C)c1cc(C)c(I)c(Br)c1[N+](=O)[O-]. The van der Waals surface area contributed by atoms with Crippen LogP contribution in [0.15, 0.2) is 10.5 Å². The van der Waals surface area contributed by atoms with Crippen LogP contribution in [0.3, 0.4) is 0 Å². The number of hydrogen-bond acceptors (Lipinski definition) is 3. The van der Waals surface area contributed by atoms with Crippen molar-refractivity contribution in [2.24, 2.45) is 0 Å². The molecule has 17 heavy (non-hydrogen) atoms. The van der Waals surface area contributed by atoms with Crippen LogP contribution in [0.1, 0.15) is 12.5 Å². The number of carbonyl (C=O) groups is 1. The minimum Gasteiger partial charge on any atom is -0.310 e. The van der Waals surface area contributed by atoms with E-state index in [1.807, 2.05) is 29.5 Å². The van der Waals surface area contributed by atoms with Crippen LogP contribution in [0.2, 0.25) is 0 Å². The van der Waals surface area contributed by atoms with Crippen molar-refractivity contribution in [2.45, 2.75) is 13.8 Å². The van der Waals surface area contributed by atoms with Gasteiger partial charge >= 0.3 is 5.69 Å². The molecule has 0 unspecified atom stereocenters. The second kappa shape index (κ2) is 5.30. The average molecular weight is 413 g/mol. The Bertz CT molecular complexity index is 505. The van der Waals surface area contributed by atoms with E-state index in [2.05, 4.69) is 15.9 Å². The van der Waals surface area contributed by atoms with Crippen LogP contribution in [0, 0.1) is 20.6 Å². The van der Waals surface area contributed by atoms with Crippen LogP contribution < -0.4 is 4.90 Å². The van der Waals surface area contributed by atoms with Crippen LogP contribution in [0.5, 0.6) is 0 Å². The van der Waals surface area contributed by atoms with Crippen molar-refractivity contribution in [2.75, 3.05) is 11.9 Å². The van der Waals surface area contributed by atoms with Gasteiger partial charge in [0.25, 0.3) is 0 Å². The van der Waals surface area contributed by atoms with Crippen LogP contribution >= 0.6 is 38.5 Å². The largest absolute Gasteiger partial charge is 0.310 e. The van der Waals surface area contributed by atoms with Gasteiger partial charge in [-0.05, 0) is 57.1 Å². The minimum absolute atomic E-state index is 0.0855. The summed E-state index contributed by atoms with van der Waals surface area (Å²) in [6, 6.07) is 1.64. The number of anilines is 1. The summed E-state index contributed by atoms with van der Waals surface area (Å²) in [4.78, 5) is 23.2. The number of carbonyl (C=O) groups excluding carboxylic acids is 1. The summed E-state index contributed by atoms with van der Waals surface area (Å²) in [5, 5.41) is 11.1. The summed E-state index contributed by atoms with van der Waals surface area (Å²) in [7, 11) is 1.52. The minimum atomic E-state index is -0.486. The molecular weight excluding hydrogens is 403 g/mol. The van der Waals surface area contributed by atoms with Gasteiger partial charge < -0.3 is 4.90 Å². The molecule has 1 aromatic rings. The second-order valence-corrected chi connectivity index (χ2v) is 5.40. The van der Waals surface area contributed by atoms with Crippen molar-refractivity contribution < 1.29 is 9.72 Å². The van der Waals surface area contributed by atoms with E-state index < -0.39 is 4.92 Å². The lowest BCUT2D eigenvalue weighted by Gasteiger charge is -2.17. The van der Waals surface area contributed by atoms with E-state index in [0.717, 1.165) is 9.13 Å². The molecule has 0 fully saturated rings. The highest BCUT2D eigenvalue weighted by Crippen LogP contribution is 2.39. The van der Waals surface area contributed by atoms with Gasteiger partial charge in [0.1, 0.15) is 10.2 Å². The van der Waals surface area contributed by atoms with Gasteiger partial charge in [0.2, 0.25) is 5.91 Å². The fourth-order valence-corrected chi connectivity index (χ4v) is 2.40. The van der Waals surface area contributed by atoms with Crippen molar-refractivity contribution in [3.8, 4) is 0 Å². The molecule has 0 bridgehead atoms. The van der Waals surface area contributed by atoms with Crippen molar-refractivity contribution in [3.63, 3.8) is 0 Å². The molecule has 0 heterocycles. The zero-order valence-electron chi connectivity index (χ0n) is 9.45. The lowest BCUT2D eigenvalue weighted by atomic mass is 10.2. The van der Waals surface area contributed by atoms with Gasteiger partial charge in [-0.2, -0.15) is 0 Å². The van der Waals surface area contributed by atoms with E-state index in [1.54, 1.807) is 6.07 Å². The van der Waals surface area contributed by atoms with E-state index in [1.165, 1.54) is 18.9 Å². The average Bonchev–Trinajstić information content (AvgIpc) is 2.23. The molecule has 0 radical (unpaired) electrons. The topological polar surface area (TPSA) is 63.5 Å². The van der Waals surface area contributed by atoms with Crippen LogP contribution in [-0.2, 0) is 4.79 Å². The monoisotopic (exact) mass is 412 g/mol. The highest BCUT2D eigenvalue weighted by molar-refractivity contribution is 14.1. The normalized spacial score (nSPS) is 10.2. The van der Waals surface area contributed by atoms with Gasteiger partial charge in [0, 0.05) is 17.5 Å². The number of rotatable bonds is 2. The number of nitrogens with zero attached hydrogens (tertiary/aromatic N) is 2. The maximum Gasteiger partial charge on any atom is 0.308 e. The molecule has 1 rings (SSSR count). The summed E-state index contributed by atoms with van der Waals surface area (Å²) in [5.74, 6) is -0.249. The third-order valence-electron chi connectivity index (χ3n) is 2.36. The van der Waals surface area contributed by atoms with Crippen molar-refractivity contribution in [1.82, 2.24) is 0 Å². The maximum absolute atomic E-state index is 11.3. The van der Waals surface area contributed by atoms with E-state index in [0.29, 0.717) is 10.2 Å². The Morgan fingerprint density at radius 3 is 2.53 bits per heavy atom. The number of amides is 1. The van der Waals surface area contributed by atoms with Crippen molar-refractivity contribution in [1.29, 1.82) is 0 Å². The Labute approximate surface area is 121 Å². The third kappa shape index (κ3) is 2.76. The Hall–Kier alpha value is -0.700. The molecule has 0 aliphatic rings. The zero-order chi connectivity index (χ0) is 13.3. The lowest BCUT2D eigenvalue weighted by Crippen LogP contribution is -2.24. The Kier molecular flexibility index (Phi) is 4.48. The number of aryl methyl sites for hydroxylation is 1. The summed E-state index contributed by atoms with van der Waals surface area (Å²) < 4.78 is 1.18. The first kappa shape index (κ1) is 14.4. The Morgan fingerprint density at radius 2 is 2.12 bits per heavy atom. The van der Waals surface area contributed by atoms with Crippen LogP contribution in [-0.4, -0.2) is 17.9 Å². The first-order valence-corrected chi connectivity index (χ1v) is 6.51. The molecule has 0 aromatic heterocycles. The molecule has 7 heteroatoms. The first-order valence-electron chi connectivity index (χ1n) is 4.64. The third-order valence-corrected chi connectivity index (χ3v) is 5.26. The number of nitro benzene ring substituents is 1. The van der Waals surface area contributed by atoms with Crippen LogP contribution in [0.25, 0.3) is 0 Å². The smallest absolute Gasteiger partial charge is 0.308 e. The summed E-state index contributed by atoms with van der Waals surface area (Å²) in [6.45, 7) is 3.21. The van der Waals surface area contributed by atoms with E-state index in [-0.39, 0.29) is 11.6 Å². The van der Waals surface area contributed by atoms with Gasteiger partial charge in [-0.1, -0.05) is 0 Å². The summed E-state index contributed by atoms with van der Waals surface area (Å²) >= 11 is 5.24. The standard InChI is InChI=1S/C10H10BrIN2O3/c1-5-4-7(13(3)6(2)15)10(14(16)17)8(11)9(5)12/h4H,1-3H3. The number of nitro groups is 1. The second-order valence-electron chi connectivity index (χ2n) is 3.52. The molecule has 0 saturated carbocycles. The van der Waals surface area contributed by atoms with Gasteiger partial charge in [-0.15, -0.1) is 0 Å². The Balaban J connectivity index is 3.59. The molecule has 0 N–H and O–H groups in total. The Morgan fingerprint density at radius 1 is 1.59 bits per heavy atom. The van der Waals surface area contributed by atoms with Crippen molar-refractivity contribution >= 4 is 55.8 Å². The molecule has 0 atom stereocenters.